The van der Waals surface area contributed by atoms with Gasteiger partial charge in [-0.2, -0.15) is 0 Å². The molecular weight excluding hydrogens is 322 g/mol. The summed E-state index contributed by atoms with van der Waals surface area (Å²) in [6.45, 7) is 1.74. The monoisotopic (exact) mass is 331 g/mol. The highest BCUT2D eigenvalue weighted by molar-refractivity contribution is 9.10. The van der Waals surface area contributed by atoms with E-state index < -0.39 is 5.97 Å². The molecule has 0 unspecified atom stereocenters. The molecule has 20 heavy (non-hydrogen) atoms. The topological polar surface area (TPSA) is 63.3 Å². The molecule has 0 aliphatic heterocycles. The van der Waals surface area contributed by atoms with Gasteiger partial charge in [0.2, 0.25) is 0 Å². The summed E-state index contributed by atoms with van der Waals surface area (Å²) in [4.78, 5) is 16.2. The molecule has 3 rings (SSSR count). The Kier molecular flexibility index (Phi) is 3.06. The van der Waals surface area contributed by atoms with E-state index in [1.807, 2.05) is 6.07 Å². The molecule has 0 bridgehead atoms. The number of carboxylic acids is 1. The molecule has 0 fully saturated rings. The summed E-state index contributed by atoms with van der Waals surface area (Å²) in [5, 5.41) is 10.1. The Balaban J connectivity index is 2.47. The van der Waals surface area contributed by atoms with Crippen LogP contribution in [0.2, 0.25) is 0 Å². The SMILES string of the molecule is Cc1c(-c2ccco2)nc2c(Br)cccc2c1C(=O)O. The van der Waals surface area contributed by atoms with Crippen LogP contribution in [0.15, 0.2) is 45.5 Å². The summed E-state index contributed by atoms with van der Waals surface area (Å²) in [6, 6.07) is 8.91. The van der Waals surface area contributed by atoms with Crippen LogP contribution in [0.25, 0.3) is 22.4 Å². The number of carboxylic acid groups (broad SMARTS) is 1. The fraction of sp³-hybridized carbons (Fsp3) is 0.0667. The van der Waals surface area contributed by atoms with E-state index in [2.05, 4.69) is 20.9 Å². The van der Waals surface area contributed by atoms with E-state index in [0.717, 1.165) is 4.47 Å². The van der Waals surface area contributed by atoms with Crippen LogP contribution >= 0.6 is 15.9 Å². The number of carbonyl (C=O) groups is 1. The van der Waals surface area contributed by atoms with Gasteiger partial charge in [-0.15, -0.1) is 0 Å². The molecule has 1 N–H and O–H groups in total. The Labute approximate surface area is 123 Å². The number of benzene rings is 1. The fourth-order valence-corrected chi connectivity index (χ4v) is 2.73. The van der Waals surface area contributed by atoms with Crippen molar-refractivity contribution in [2.75, 3.05) is 0 Å². The smallest absolute Gasteiger partial charge is 0.336 e. The number of halogens is 1. The number of hydrogen-bond acceptors (Lipinski definition) is 3. The van der Waals surface area contributed by atoms with E-state index in [9.17, 15) is 9.90 Å². The molecule has 0 amide bonds. The molecular formula is C15H10BrNO3. The van der Waals surface area contributed by atoms with Gasteiger partial charge >= 0.3 is 5.97 Å². The number of furan rings is 1. The van der Waals surface area contributed by atoms with Gasteiger partial charge in [-0.05, 0) is 46.6 Å². The molecule has 2 aromatic heterocycles. The second-order valence-corrected chi connectivity index (χ2v) is 5.23. The molecule has 100 valence electrons. The first-order chi connectivity index (χ1) is 9.59. The number of hydrogen-bond donors (Lipinski definition) is 1. The number of nitrogens with zero attached hydrogens (tertiary/aromatic N) is 1. The minimum Gasteiger partial charge on any atom is -0.478 e. The Morgan fingerprint density at radius 1 is 1.30 bits per heavy atom. The standard InChI is InChI=1S/C15H10BrNO3/c1-8-12(15(18)19)9-4-2-5-10(16)14(9)17-13(8)11-6-3-7-20-11/h2-7H,1H3,(H,18,19). The van der Waals surface area contributed by atoms with E-state index in [4.69, 9.17) is 4.42 Å². The minimum absolute atomic E-state index is 0.253. The minimum atomic E-state index is -0.971. The lowest BCUT2D eigenvalue weighted by molar-refractivity contribution is 0.0698. The Morgan fingerprint density at radius 2 is 2.10 bits per heavy atom. The maximum Gasteiger partial charge on any atom is 0.336 e. The zero-order chi connectivity index (χ0) is 14.3. The third-order valence-electron chi connectivity index (χ3n) is 3.18. The van der Waals surface area contributed by atoms with Gasteiger partial charge in [0.1, 0.15) is 5.69 Å². The Morgan fingerprint density at radius 3 is 2.75 bits per heavy atom. The van der Waals surface area contributed by atoms with Gasteiger partial charge in [0.15, 0.2) is 5.76 Å². The fourth-order valence-electron chi connectivity index (χ4n) is 2.28. The van der Waals surface area contributed by atoms with Crippen molar-refractivity contribution in [3.8, 4) is 11.5 Å². The average molecular weight is 332 g/mol. The summed E-state index contributed by atoms with van der Waals surface area (Å²) < 4.78 is 6.11. The predicted octanol–water partition coefficient (Wildman–Crippen LogP) is 4.26. The van der Waals surface area contributed by atoms with E-state index in [1.54, 1.807) is 37.5 Å². The summed E-state index contributed by atoms with van der Waals surface area (Å²) in [7, 11) is 0. The number of rotatable bonds is 2. The molecule has 4 nitrogen and oxygen atoms in total. The van der Waals surface area contributed by atoms with E-state index in [-0.39, 0.29) is 5.56 Å². The van der Waals surface area contributed by atoms with Crippen LogP contribution in [-0.2, 0) is 0 Å². The van der Waals surface area contributed by atoms with Crippen molar-refractivity contribution in [1.29, 1.82) is 0 Å². The average Bonchev–Trinajstić information content (AvgIpc) is 2.91. The van der Waals surface area contributed by atoms with Crippen molar-refractivity contribution in [2.24, 2.45) is 0 Å². The van der Waals surface area contributed by atoms with Gasteiger partial charge in [0, 0.05) is 9.86 Å². The third kappa shape index (κ3) is 1.91. The van der Waals surface area contributed by atoms with Crippen molar-refractivity contribution in [3.63, 3.8) is 0 Å². The zero-order valence-electron chi connectivity index (χ0n) is 10.6. The normalized spacial score (nSPS) is 10.9. The second-order valence-electron chi connectivity index (χ2n) is 4.38. The van der Waals surface area contributed by atoms with Crippen LogP contribution in [0, 0.1) is 6.92 Å². The lowest BCUT2D eigenvalue weighted by Gasteiger charge is -2.11. The molecule has 0 aliphatic carbocycles. The first-order valence-corrected chi connectivity index (χ1v) is 6.75. The molecule has 0 radical (unpaired) electrons. The highest BCUT2D eigenvalue weighted by Crippen LogP contribution is 2.32. The first-order valence-electron chi connectivity index (χ1n) is 5.95. The highest BCUT2D eigenvalue weighted by atomic mass is 79.9. The van der Waals surface area contributed by atoms with Crippen molar-refractivity contribution >= 4 is 32.8 Å². The van der Waals surface area contributed by atoms with Gasteiger partial charge in [0.25, 0.3) is 0 Å². The van der Waals surface area contributed by atoms with Crippen LogP contribution in [0.4, 0.5) is 0 Å². The molecule has 0 saturated heterocycles. The third-order valence-corrected chi connectivity index (χ3v) is 3.82. The van der Waals surface area contributed by atoms with Crippen LogP contribution in [0.5, 0.6) is 0 Å². The molecule has 2 heterocycles. The summed E-state index contributed by atoms with van der Waals surface area (Å²) in [5.74, 6) is -0.413. The first kappa shape index (κ1) is 12.9. The van der Waals surface area contributed by atoms with Crippen LogP contribution in [-0.4, -0.2) is 16.1 Å². The van der Waals surface area contributed by atoms with E-state index in [0.29, 0.717) is 27.9 Å². The van der Waals surface area contributed by atoms with Gasteiger partial charge < -0.3 is 9.52 Å². The largest absolute Gasteiger partial charge is 0.478 e. The van der Waals surface area contributed by atoms with Crippen molar-refractivity contribution in [1.82, 2.24) is 4.98 Å². The van der Waals surface area contributed by atoms with Crippen LogP contribution in [0.1, 0.15) is 15.9 Å². The number of pyridine rings is 1. The second kappa shape index (κ2) is 4.76. The van der Waals surface area contributed by atoms with Crippen LogP contribution < -0.4 is 0 Å². The molecule has 1 aromatic carbocycles. The Bertz CT molecular complexity index is 810. The molecule has 0 spiro atoms. The quantitative estimate of drug-likeness (QED) is 0.761. The highest BCUT2D eigenvalue weighted by Gasteiger charge is 2.20. The van der Waals surface area contributed by atoms with Crippen LogP contribution in [0.3, 0.4) is 0 Å². The van der Waals surface area contributed by atoms with Crippen molar-refractivity contribution < 1.29 is 14.3 Å². The molecule has 0 saturated carbocycles. The van der Waals surface area contributed by atoms with Gasteiger partial charge in [-0.1, -0.05) is 12.1 Å². The molecule has 0 atom stereocenters. The lowest BCUT2D eigenvalue weighted by atomic mass is 10.0. The molecule has 5 heteroatoms. The lowest BCUT2D eigenvalue weighted by Crippen LogP contribution is -2.05. The van der Waals surface area contributed by atoms with Crippen molar-refractivity contribution in [3.05, 3.63) is 52.2 Å². The maximum absolute atomic E-state index is 11.6. The summed E-state index contributed by atoms with van der Waals surface area (Å²) in [5.41, 5.74) is 2.01. The molecule has 3 aromatic rings. The Hall–Kier alpha value is -2.14. The zero-order valence-corrected chi connectivity index (χ0v) is 12.1. The molecule has 0 aliphatic rings. The summed E-state index contributed by atoms with van der Waals surface area (Å²) in [6.07, 6.45) is 1.54. The number of aromatic carboxylic acids is 1. The van der Waals surface area contributed by atoms with Gasteiger partial charge in [-0.3, -0.25) is 0 Å². The van der Waals surface area contributed by atoms with Crippen molar-refractivity contribution in [2.45, 2.75) is 6.92 Å². The van der Waals surface area contributed by atoms with E-state index >= 15 is 0 Å². The number of para-hydroxylation sites is 1. The number of aromatic nitrogens is 1. The number of fused-ring (bicyclic) bond motifs is 1. The van der Waals surface area contributed by atoms with Gasteiger partial charge in [-0.25, -0.2) is 9.78 Å². The maximum atomic E-state index is 11.6. The summed E-state index contributed by atoms with van der Waals surface area (Å²) >= 11 is 3.42. The van der Waals surface area contributed by atoms with E-state index in [1.165, 1.54) is 0 Å². The predicted molar refractivity (Wildman–Crippen MR) is 78.8 cm³/mol. The van der Waals surface area contributed by atoms with Gasteiger partial charge in [0.05, 0.1) is 17.3 Å².